The molecule has 2 amide bonds. The molecule has 27 heavy (non-hydrogen) atoms. The van der Waals surface area contributed by atoms with Gasteiger partial charge in [-0.15, -0.1) is 0 Å². The van der Waals surface area contributed by atoms with Gasteiger partial charge in [-0.25, -0.2) is 0 Å². The van der Waals surface area contributed by atoms with E-state index in [9.17, 15) is 24.0 Å². The summed E-state index contributed by atoms with van der Waals surface area (Å²) >= 11 is 0. The number of amides is 2. The van der Waals surface area contributed by atoms with Gasteiger partial charge in [0, 0.05) is 32.9 Å². The van der Waals surface area contributed by atoms with Crippen LogP contribution in [0, 0.1) is 5.92 Å². The molecular weight excluding hydrogens is 358 g/mol. The van der Waals surface area contributed by atoms with Crippen LogP contribution >= 0.6 is 0 Å². The maximum atomic E-state index is 11.7. The average molecular weight is 387 g/mol. The number of carboxylic acid groups (broad SMARTS) is 1. The van der Waals surface area contributed by atoms with E-state index < -0.39 is 29.8 Å². The zero-order valence-corrected chi connectivity index (χ0v) is 16.0. The van der Waals surface area contributed by atoms with Crippen LogP contribution in [0.25, 0.3) is 0 Å². The van der Waals surface area contributed by atoms with Crippen molar-refractivity contribution in [2.75, 3.05) is 26.2 Å². The van der Waals surface area contributed by atoms with E-state index in [4.69, 9.17) is 15.6 Å². The fourth-order valence-electron chi connectivity index (χ4n) is 2.20. The maximum absolute atomic E-state index is 11.7. The van der Waals surface area contributed by atoms with Gasteiger partial charge in [0.1, 0.15) is 12.4 Å². The van der Waals surface area contributed by atoms with E-state index in [0.29, 0.717) is 0 Å². The topological polar surface area (TPSA) is 156 Å². The molecule has 1 unspecified atom stereocenters. The predicted octanol–water partition coefficient (Wildman–Crippen LogP) is -0.698. The number of hydrogen-bond donors (Lipinski definition) is 3. The number of nitrogens with one attached hydrogen (secondary N) is 1. The third-order valence-electron chi connectivity index (χ3n) is 3.73. The normalized spacial score (nSPS) is 12.6. The molecule has 0 aliphatic carbocycles. The Morgan fingerprint density at radius 1 is 1.15 bits per heavy atom. The number of nitrogens with two attached hydrogens (primary N) is 1. The fraction of sp³-hybridized carbons (Fsp3) is 0.706. The molecule has 0 fully saturated rings. The first-order valence-electron chi connectivity index (χ1n) is 8.71. The zero-order chi connectivity index (χ0) is 21.0. The van der Waals surface area contributed by atoms with Gasteiger partial charge in [0.15, 0.2) is 0 Å². The lowest BCUT2D eigenvalue weighted by Gasteiger charge is -2.22. The van der Waals surface area contributed by atoms with E-state index in [1.807, 2.05) is 0 Å². The molecule has 0 aromatic carbocycles. The minimum absolute atomic E-state index is 0.0198. The number of ether oxygens (including phenoxy) is 1. The lowest BCUT2D eigenvalue weighted by atomic mass is 10.1. The van der Waals surface area contributed by atoms with E-state index >= 15 is 0 Å². The number of carboxylic acids is 1. The molecule has 154 valence electrons. The van der Waals surface area contributed by atoms with E-state index in [-0.39, 0.29) is 57.2 Å². The molecule has 0 rings (SSSR count). The second-order valence-electron chi connectivity index (χ2n) is 6.31. The molecule has 0 bridgehead atoms. The quantitative estimate of drug-likeness (QED) is 0.350. The maximum Gasteiger partial charge on any atom is 0.309 e. The molecule has 0 aromatic heterocycles. The molecule has 0 aromatic rings. The molecule has 0 aliphatic rings. The van der Waals surface area contributed by atoms with Crippen molar-refractivity contribution in [3.63, 3.8) is 0 Å². The first-order chi connectivity index (χ1) is 12.5. The van der Waals surface area contributed by atoms with Crippen LogP contribution in [-0.2, 0) is 28.7 Å². The van der Waals surface area contributed by atoms with Crippen LogP contribution in [0.1, 0.15) is 40.0 Å². The van der Waals surface area contributed by atoms with Gasteiger partial charge >= 0.3 is 11.9 Å². The minimum atomic E-state index is -1.03. The van der Waals surface area contributed by atoms with Crippen LogP contribution in [-0.4, -0.2) is 71.8 Å². The summed E-state index contributed by atoms with van der Waals surface area (Å²) in [6, 6.07) is -0.935. The zero-order valence-electron chi connectivity index (χ0n) is 16.0. The third-order valence-corrected chi connectivity index (χ3v) is 3.73. The largest absolute Gasteiger partial charge is 0.481 e. The van der Waals surface area contributed by atoms with Crippen molar-refractivity contribution in [1.29, 1.82) is 0 Å². The highest BCUT2D eigenvalue weighted by atomic mass is 16.5. The van der Waals surface area contributed by atoms with Gasteiger partial charge < -0.3 is 30.6 Å². The van der Waals surface area contributed by atoms with Gasteiger partial charge in [-0.05, 0) is 13.3 Å². The van der Waals surface area contributed by atoms with E-state index in [0.717, 1.165) is 0 Å². The van der Waals surface area contributed by atoms with Gasteiger partial charge in [0.2, 0.25) is 11.8 Å². The molecule has 0 radical (unpaired) electrons. The average Bonchev–Trinajstić information content (AvgIpc) is 2.56. The fourth-order valence-corrected chi connectivity index (χ4v) is 2.20. The molecular formula is C17H29N3O7. The van der Waals surface area contributed by atoms with Gasteiger partial charge in [0.05, 0.1) is 18.5 Å². The molecule has 10 heteroatoms. The first kappa shape index (κ1) is 24.5. The van der Waals surface area contributed by atoms with Crippen LogP contribution < -0.4 is 11.1 Å². The van der Waals surface area contributed by atoms with E-state index in [2.05, 4.69) is 5.32 Å². The Balaban J connectivity index is 4.22. The molecule has 0 aliphatic heterocycles. The van der Waals surface area contributed by atoms with Crippen molar-refractivity contribution in [2.24, 2.45) is 11.7 Å². The SMILES string of the molecule is CC(=O)CC(C)C(=O)OCCN(CCNC(=O)[C@@H](N)CCC(=O)O)C(C)=O. The molecule has 0 heterocycles. The smallest absolute Gasteiger partial charge is 0.309 e. The summed E-state index contributed by atoms with van der Waals surface area (Å²) in [5.74, 6) is -2.95. The van der Waals surface area contributed by atoms with Crippen LogP contribution in [0.15, 0.2) is 0 Å². The summed E-state index contributed by atoms with van der Waals surface area (Å²) in [4.78, 5) is 57.9. The molecule has 10 nitrogen and oxygen atoms in total. The number of esters is 1. The molecule has 2 atom stereocenters. The number of carbonyl (C=O) groups is 5. The molecule has 0 saturated carbocycles. The van der Waals surface area contributed by atoms with Crippen LogP contribution in [0.3, 0.4) is 0 Å². The Morgan fingerprint density at radius 2 is 1.78 bits per heavy atom. The Kier molecular flexibility index (Phi) is 11.6. The number of nitrogens with zero attached hydrogens (tertiary/aromatic N) is 1. The summed E-state index contributed by atoms with van der Waals surface area (Å²) in [6.45, 7) is 4.78. The predicted molar refractivity (Wildman–Crippen MR) is 95.5 cm³/mol. The molecule has 4 N–H and O–H groups in total. The number of carbonyl (C=O) groups excluding carboxylic acids is 4. The molecule has 0 saturated heterocycles. The van der Waals surface area contributed by atoms with Crippen molar-refractivity contribution in [1.82, 2.24) is 10.2 Å². The van der Waals surface area contributed by atoms with E-state index in [1.54, 1.807) is 6.92 Å². The molecule has 0 spiro atoms. The van der Waals surface area contributed by atoms with Gasteiger partial charge in [-0.2, -0.15) is 0 Å². The highest BCUT2D eigenvalue weighted by Gasteiger charge is 2.18. The Hall–Kier alpha value is -2.49. The Labute approximate surface area is 158 Å². The van der Waals surface area contributed by atoms with Crippen molar-refractivity contribution in [3.05, 3.63) is 0 Å². The summed E-state index contributed by atoms with van der Waals surface area (Å²) in [5.41, 5.74) is 5.58. The first-order valence-corrected chi connectivity index (χ1v) is 8.71. The minimum Gasteiger partial charge on any atom is -0.481 e. The number of aliphatic carboxylic acids is 1. The lowest BCUT2D eigenvalue weighted by molar-refractivity contribution is -0.150. The van der Waals surface area contributed by atoms with Gasteiger partial charge in [-0.1, -0.05) is 6.92 Å². The highest BCUT2D eigenvalue weighted by molar-refractivity contribution is 5.83. The lowest BCUT2D eigenvalue weighted by Crippen LogP contribution is -2.45. The van der Waals surface area contributed by atoms with Gasteiger partial charge in [-0.3, -0.25) is 19.2 Å². The van der Waals surface area contributed by atoms with Crippen LogP contribution in [0.5, 0.6) is 0 Å². The third kappa shape index (κ3) is 11.7. The van der Waals surface area contributed by atoms with Crippen molar-refractivity contribution < 1.29 is 33.8 Å². The van der Waals surface area contributed by atoms with Crippen molar-refractivity contribution >= 4 is 29.5 Å². The van der Waals surface area contributed by atoms with Crippen molar-refractivity contribution in [2.45, 2.75) is 46.1 Å². The second kappa shape index (κ2) is 12.8. The Morgan fingerprint density at radius 3 is 2.30 bits per heavy atom. The van der Waals surface area contributed by atoms with Gasteiger partial charge in [0.25, 0.3) is 0 Å². The second-order valence-corrected chi connectivity index (χ2v) is 6.31. The standard InChI is InChI=1S/C17H29N3O7/c1-11(10-12(2)21)17(26)27-9-8-20(13(3)22)7-6-19-16(25)14(18)4-5-15(23)24/h11,14H,4-10,18H2,1-3H3,(H,19,25)(H,23,24)/t11?,14-/m0/s1. The summed E-state index contributed by atoms with van der Waals surface area (Å²) in [7, 11) is 0. The number of ketones is 1. The van der Waals surface area contributed by atoms with E-state index in [1.165, 1.54) is 18.7 Å². The van der Waals surface area contributed by atoms with Crippen LogP contribution in [0.4, 0.5) is 0 Å². The number of Topliss-reactive ketones (excluding diaryl/α,β-unsaturated/α-hetero) is 1. The highest BCUT2D eigenvalue weighted by Crippen LogP contribution is 2.05. The summed E-state index contributed by atoms with van der Waals surface area (Å²) < 4.78 is 5.06. The number of rotatable bonds is 13. The summed E-state index contributed by atoms with van der Waals surface area (Å²) in [6.07, 6.45) is -0.0863. The van der Waals surface area contributed by atoms with Crippen LogP contribution in [0.2, 0.25) is 0 Å². The monoisotopic (exact) mass is 387 g/mol. The van der Waals surface area contributed by atoms with Crippen molar-refractivity contribution in [3.8, 4) is 0 Å². The number of hydrogen-bond acceptors (Lipinski definition) is 7. The Bertz CT molecular complexity index is 551. The summed E-state index contributed by atoms with van der Waals surface area (Å²) in [5, 5.41) is 11.1.